The summed E-state index contributed by atoms with van der Waals surface area (Å²) in [5, 5.41) is 10.6. The second kappa shape index (κ2) is 17.9. The van der Waals surface area contributed by atoms with E-state index in [2.05, 4.69) is 40.1 Å². The molecule has 0 spiro atoms. The minimum atomic E-state index is -0.0317. The SMILES string of the molecule is C1=COCCN1.CO.Clc1nc(Cl)c2ncn(C3CCCCO3)c2n1.Clc1nc(N2CCOCC2)c2ncn(C3CCCCO3)c2n1. The summed E-state index contributed by atoms with van der Waals surface area (Å²) in [4.78, 5) is 27.7. The molecule has 0 aromatic carbocycles. The highest BCUT2D eigenvalue weighted by Crippen LogP contribution is 2.31. The van der Waals surface area contributed by atoms with E-state index in [1.165, 1.54) is 0 Å². The lowest BCUT2D eigenvalue weighted by Crippen LogP contribution is -2.37. The second-order valence-electron chi connectivity index (χ2n) is 10.6. The van der Waals surface area contributed by atoms with Gasteiger partial charge in [-0.1, -0.05) is 11.6 Å². The van der Waals surface area contributed by atoms with Gasteiger partial charge in [0.1, 0.15) is 24.6 Å². The molecule has 0 bridgehead atoms. The molecule has 0 amide bonds. The zero-order valence-electron chi connectivity index (χ0n) is 26.1. The van der Waals surface area contributed by atoms with Crippen LogP contribution in [0.5, 0.6) is 0 Å². The van der Waals surface area contributed by atoms with Crippen molar-refractivity contribution in [1.82, 2.24) is 44.4 Å². The predicted molar refractivity (Wildman–Crippen MR) is 178 cm³/mol. The molecule has 0 radical (unpaired) electrons. The number of rotatable bonds is 3. The smallest absolute Gasteiger partial charge is 0.226 e. The van der Waals surface area contributed by atoms with E-state index in [1.807, 2.05) is 9.13 Å². The van der Waals surface area contributed by atoms with Crippen molar-refractivity contribution in [2.75, 3.05) is 64.7 Å². The second-order valence-corrected chi connectivity index (χ2v) is 11.7. The Morgan fingerprint density at radius 1 is 0.745 bits per heavy atom. The van der Waals surface area contributed by atoms with E-state index in [0.717, 1.165) is 102 Å². The molecule has 2 unspecified atom stereocenters. The van der Waals surface area contributed by atoms with E-state index in [1.54, 1.807) is 25.1 Å². The number of aliphatic hydroxyl groups excluding tert-OH is 1. The number of halogens is 3. The Bertz CT molecular complexity index is 1580. The van der Waals surface area contributed by atoms with Crippen LogP contribution in [0.1, 0.15) is 51.0 Å². The number of anilines is 1. The molecular weight excluding hydrogens is 675 g/mol. The number of aromatic nitrogens is 8. The van der Waals surface area contributed by atoms with E-state index < -0.39 is 0 Å². The first-order valence-corrected chi connectivity index (χ1v) is 16.7. The molecule has 0 aliphatic carbocycles. The van der Waals surface area contributed by atoms with Gasteiger partial charge in [-0.15, -0.1) is 0 Å². The minimum Gasteiger partial charge on any atom is -0.498 e. The van der Waals surface area contributed by atoms with Crippen molar-refractivity contribution in [2.24, 2.45) is 0 Å². The van der Waals surface area contributed by atoms with Crippen LogP contribution in [0.15, 0.2) is 25.1 Å². The number of hydrogen-bond donors (Lipinski definition) is 2. The Morgan fingerprint density at radius 3 is 1.85 bits per heavy atom. The number of nitrogens with one attached hydrogen (secondary N) is 1. The molecule has 8 heterocycles. The van der Waals surface area contributed by atoms with Crippen LogP contribution in [-0.2, 0) is 18.9 Å². The van der Waals surface area contributed by atoms with Gasteiger partial charge in [-0.3, -0.25) is 9.13 Å². The molecule has 4 aromatic rings. The molecule has 47 heavy (non-hydrogen) atoms. The van der Waals surface area contributed by atoms with Gasteiger partial charge in [0, 0.05) is 46.2 Å². The maximum absolute atomic E-state index is 7.00. The Hall–Kier alpha value is -3.05. The van der Waals surface area contributed by atoms with E-state index >= 15 is 0 Å². The van der Waals surface area contributed by atoms with Crippen molar-refractivity contribution >= 4 is 62.9 Å². The number of nitrogens with zero attached hydrogens (tertiary/aromatic N) is 9. The molecule has 4 aliphatic rings. The van der Waals surface area contributed by atoms with Gasteiger partial charge >= 0.3 is 0 Å². The summed E-state index contributed by atoms with van der Waals surface area (Å²) < 4.78 is 25.6. The van der Waals surface area contributed by atoms with Crippen LogP contribution in [0.3, 0.4) is 0 Å². The summed E-state index contributed by atoms with van der Waals surface area (Å²) in [5.41, 5.74) is 2.71. The molecule has 4 aromatic heterocycles. The first-order chi connectivity index (χ1) is 23.1. The lowest BCUT2D eigenvalue weighted by Gasteiger charge is -2.28. The van der Waals surface area contributed by atoms with Gasteiger partial charge in [-0.25, -0.2) is 15.0 Å². The maximum Gasteiger partial charge on any atom is 0.226 e. The average Bonchev–Trinajstić information content (AvgIpc) is 3.76. The summed E-state index contributed by atoms with van der Waals surface area (Å²) in [7, 11) is 1.00. The third-order valence-electron chi connectivity index (χ3n) is 7.62. The number of ether oxygens (including phenoxy) is 4. The molecule has 2 atom stereocenters. The highest BCUT2D eigenvalue weighted by Gasteiger charge is 2.24. The van der Waals surface area contributed by atoms with Crippen molar-refractivity contribution in [3.63, 3.8) is 0 Å². The van der Waals surface area contributed by atoms with Crippen LogP contribution in [0.2, 0.25) is 15.7 Å². The molecule has 15 nitrogen and oxygen atoms in total. The van der Waals surface area contributed by atoms with Crippen LogP contribution < -0.4 is 10.2 Å². The van der Waals surface area contributed by atoms with Gasteiger partial charge in [0.2, 0.25) is 10.6 Å². The Balaban J connectivity index is 0.000000153. The summed E-state index contributed by atoms with van der Waals surface area (Å²) in [5.74, 6) is 0.785. The van der Waals surface area contributed by atoms with Gasteiger partial charge in [-0.2, -0.15) is 15.0 Å². The number of aliphatic hydroxyl groups is 1. The topological polar surface area (TPSA) is 160 Å². The molecule has 8 rings (SSSR count). The first-order valence-electron chi connectivity index (χ1n) is 15.5. The van der Waals surface area contributed by atoms with Gasteiger partial charge in [0.15, 0.2) is 27.8 Å². The van der Waals surface area contributed by atoms with Gasteiger partial charge < -0.3 is 34.3 Å². The standard InChI is InChI=1S/C14H18ClN5O2.C10H10Cl2N4O.C4H7NO.CH4O/c15-14-17-12(19-4-7-21-8-5-19)11-13(18-14)20(9-16-11)10-3-1-2-6-22-10;11-8-7-9(15-10(12)14-8)16(5-13-7)6-3-1-2-4-17-6;1-3-6-4-2-5-1;1-2/h9-10H,1-8H2;5-6H,1-4H2;1,3,5H,2,4H2;2H,1H3. The summed E-state index contributed by atoms with van der Waals surface area (Å²) >= 11 is 17.9. The average molecular weight is 714 g/mol. The van der Waals surface area contributed by atoms with Crippen molar-refractivity contribution in [2.45, 2.75) is 51.0 Å². The summed E-state index contributed by atoms with van der Waals surface area (Å²) in [6, 6.07) is 0. The van der Waals surface area contributed by atoms with Gasteiger partial charge in [-0.05, 0) is 61.7 Å². The van der Waals surface area contributed by atoms with Gasteiger partial charge in [0.25, 0.3) is 0 Å². The van der Waals surface area contributed by atoms with Crippen molar-refractivity contribution in [3.05, 3.63) is 40.8 Å². The Kier molecular flexibility index (Phi) is 13.4. The molecule has 2 N–H and O–H groups in total. The molecule has 18 heteroatoms. The van der Waals surface area contributed by atoms with Crippen molar-refractivity contribution in [3.8, 4) is 0 Å². The quantitative estimate of drug-likeness (QED) is 0.225. The predicted octanol–water partition coefficient (Wildman–Crippen LogP) is 4.53. The van der Waals surface area contributed by atoms with Gasteiger partial charge in [0.05, 0.1) is 32.1 Å². The van der Waals surface area contributed by atoms with E-state index in [9.17, 15) is 0 Å². The number of morpholine rings is 1. The largest absolute Gasteiger partial charge is 0.498 e. The van der Waals surface area contributed by atoms with E-state index in [0.29, 0.717) is 24.4 Å². The summed E-state index contributed by atoms with van der Waals surface area (Å²) in [6.07, 6.45) is 13.3. The maximum atomic E-state index is 7.00. The molecule has 0 saturated carbocycles. The highest BCUT2D eigenvalue weighted by molar-refractivity contribution is 6.35. The Labute approximate surface area is 287 Å². The third-order valence-corrected chi connectivity index (χ3v) is 8.22. The fraction of sp³-hybridized carbons (Fsp3) is 0.586. The first kappa shape index (κ1) is 35.3. The number of hydrogen-bond acceptors (Lipinski definition) is 13. The van der Waals surface area contributed by atoms with Crippen LogP contribution in [0.25, 0.3) is 22.3 Å². The van der Waals surface area contributed by atoms with Crippen LogP contribution in [0.4, 0.5) is 5.82 Å². The monoisotopic (exact) mass is 712 g/mol. The number of fused-ring (bicyclic) bond motifs is 2. The molecule has 3 fully saturated rings. The normalized spacial score (nSPS) is 20.9. The Morgan fingerprint density at radius 2 is 1.34 bits per heavy atom. The fourth-order valence-electron chi connectivity index (χ4n) is 5.40. The van der Waals surface area contributed by atoms with E-state index in [-0.39, 0.29) is 28.2 Å². The van der Waals surface area contributed by atoms with Crippen LogP contribution >= 0.6 is 34.8 Å². The van der Waals surface area contributed by atoms with E-state index in [4.69, 9.17) is 58.9 Å². The minimum absolute atomic E-state index is 0.0118. The van der Waals surface area contributed by atoms with Crippen molar-refractivity contribution < 1.29 is 24.1 Å². The lowest BCUT2D eigenvalue weighted by molar-refractivity contribution is -0.0299. The van der Waals surface area contributed by atoms with Crippen LogP contribution in [-0.4, -0.2) is 104 Å². The fourth-order valence-corrected chi connectivity index (χ4v) is 5.98. The van der Waals surface area contributed by atoms with Crippen LogP contribution in [0, 0.1) is 0 Å². The highest BCUT2D eigenvalue weighted by atomic mass is 35.5. The zero-order valence-corrected chi connectivity index (χ0v) is 28.4. The molecule has 256 valence electrons. The summed E-state index contributed by atoms with van der Waals surface area (Å²) in [6.45, 7) is 6.24. The molecule has 4 aliphatic heterocycles. The lowest BCUT2D eigenvalue weighted by atomic mass is 10.2. The molecular formula is C29H39Cl3N10O5. The number of imidazole rings is 2. The van der Waals surface area contributed by atoms with Crippen molar-refractivity contribution in [1.29, 1.82) is 0 Å². The zero-order chi connectivity index (χ0) is 33.0. The molecule has 3 saturated heterocycles. The third kappa shape index (κ3) is 9.10.